The van der Waals surface area contributed by atoms with Crippen LogP contribution in [0.1, 0.15) is 12.0 Å². The van der Waals surface area contributed by atoms with Gasteiger partial charge in [-0.05, 0) is 42.5 Å². The molecule has 0 saturated carbocycles. The summed E-state index contributed by atoms with van der Waals surface area (Å²) < 4.78 is 38.9. The zero-order valence-electron chi connectivity index (χ0n) is 16.1. The van der Waals surface area contributed by atoms with Crippen molar-refractivity contribution in [1.29, 1.82) is 0 Å². The minimum absolute atomic E-state index is 0.0593. The highest BCUT2D eigenvalue weighted by atomic mass is 35.5. The molecule has 0 spiro atoms. The molecule has 0 saturated heterocycles. The lowest BCUT2D eigenvalue weighted by Crippen LogP contribution is -2.24. The number of rotatable bonds is 3. The van der Waals surface area contributed by atoms with E-state index < -0.39 is 22.8 Å². The fraction of sp³-hybridized carbons (Fsp3) is 0.0952. The van der Waals surface area contributed by atoms with Crippen LogP contribution in [0.4, 0.5) is 46.4 Å². The number of nitrogens with one attached hydrogen (secondary N) is 2. The van der Waals surface area contributed by atoms with Gasteiger partial charge in [0.2, 0.25) is 5.91 Å². The van der Waals surface area contributed by atoms with E-state index in [4.69, 9.17) is 11.6 Å². The van der Waals surface area contributed by atoms with Crippen LogP contribution in [0.3, 0.4) is 0 Å². The average Bonchev–Trinajstić information content (AvgIpc) is 3.12. The summed E-state index contributed by atoms with van der Waals surface area (Å²) in [6, 6.07) is 8.85. The molecule has 164 valence electrons. The molecule has 0 radical (unpaired) electrons. The molecule has 2 heterocycles. The molecule has 0 aliphatic carbocycles. The summed E-state index contributed by atoms with van der Waals surface area (Å²) in [6.45, 7) is 0. The van der Waals surface area contributed by atoms with Crippen LogP contribution in [0.15, 0.2) is 58.2 Å². The van der Waals surface area contributed by atoms with Crippen LogP contribution in [0.5, 0.6) is 0 Å². The van der Waals surface area contributed by atoms with Crippen molar-refractivity contribution >= 4 is 69.5 Å². The van der Waals surface area contributed by atoms with E-state index in [0.717, 1.165) is 12.1 Å². The first-order valence-electron chi connectivity index (χ1n) is 9.19. The third kappa shape index (κ3) is 4.61. The Morgan fingerprint density at radius 3 is 2.47 bits per heavy atom. The zero-order chi connectivity index (χ0) is 22.9. The number of carbonyl (C=O) groups is 2. The molecule has 4 rings (SSSR count). The first-order valence-corrected chi connectivity index (χ1v) is 10.5. The standard InChI is InChI=1S/C21H14ClF3N4O2S/c22-16-6-3-13(9-15(16)21(23,24)25)28-20(31)27-12-1-4-14(5-2-12)29-18-11-32-10-17(18)26-8-7-19(29)30/h1-6,8-11H,7H2,(H2,27,28,31). The number of thiophene rings is 1. The molecule has 1 aromatic heterocycles. The third-order valence-corrected chi connectivity index (χ3v) is 5.57. The zero-order valence-corrected chi connectivity index (χ0v) is 17.7. The number of fused-ring (bicyclic) bond motifs is 1. The number of aliphatic imine (C=N–C) groups is 1. The van der Waals surface area contributed by atoms with E-state index in [0.29, 0.717) is 22.7 Å². The average molecular weight is 479 g/mol. The lowest BCUT2D eigenvalue weighted by Gasteiger charge is -2.21. The van der Waals surface area contributed by atoms with Gasteiger partial charge in [0, 0.05) is 34.0 Å². The van der Waals surface area contributed by atoms with E-state index in [1.807, 2.05) is 10.8 Å². The number of nitrogens with zero attached hydrogens (tertiary/aromatic N) is 2. The molecule has 2 N–H and O–H groups in total. The number of amides is 3. The van der Waals surface area contributed by atoms with Crippen LogP contribution in [-0.2, 0) is 11.0 Å². The van der Waals surface area contributed by atoms with Gasteiger partial charge in [-0.25, -0.2) is 4.79 Å². The number of anilines is 4. The SMILES string of the molecule is O=C(Nc1ccc(N2C(=O)CC=Nc3cscc32)cc1)Nc1ccc(Cl)c(C(F)(F)F)c1. The summed E-state index contributed by atoms with van der Waals surface area (Å²) in [5.41, 5.74) is 1.26. The van der Waals surface area contributed by atoms with Crippen molar-refractivity contribution < 1.29 is 22.8 Å². The summed E-state index contributed by atoms with van der Waals surface area (Å²) >= 11 is 7.02. The molecule has 6 nitrogen and oxygen atoms in total. The fourth-order valence-corrected chi connectivity index (χ4v) is 4.04. The van der Waals surface area contributed by atoms with E-state index in [2.05, 4.69) is 15.6 Å². The molecule has 0 bridgehead atoms. The van der Waals surface area contributed by atoms with E-state index in [1.165, 1.54) is 17.4 Å². The minimum atomic E-state index is -4.64. The van der Waals surface area contributed by atoms with Gasteiger partial charge in [-0.15, -0.1) is 11.3 Å². The van der Waals surface area contributed by atoms with Gasteiger partial charge in [0.25, 0.3) is 0 Å². The van der Waals surface area contributed by atoms with Crippen molar-refractivity contribution in [3.05, 3.63) is 63.8 Å². The smallest absolute Gasteiger partial charge is 0.308 e. The number of urea groups is 1. The van der Waals surface area contributed by atoms with E-state index >= 15 is 0 Å². The highest BCUT2D eigenvalue weighted by Gasteiger charge is 2.33. The second-order valence-corrected chi connectivity index (χ2v) is 7.86. The Kier molecular flexibility index (Phi) is 5.90. The molecular formula is C21H14ClF3N4O2S. The van der Waals surface area contributed by atoms with Gasteiger partial charge < -0.3 is 10.6 Å². The Balaban J connectivity index is 1.47. The Morgan fingerprint density at radius 2 is 1.75 bits per heavy atom. The van der Waals surface area contributed by atoms with Gasteiger partial charge >= 0.3 is 12.2 Å². The number of halogens is 4. The van der Waals surface area contributed by atoms with Crippen LogP contribution in [-0.4, -0.2) is 18.2 Å². The minimum Gasteiger partial charge on any atom is -0.308 e. The van der Waals surface area contributed by atoms with Gasteiger partial charge in [0.05, 0.1) is 28.4 Å². The summed E-state index contributed by atoms with van der Waals surface area (Å²) in [6.07, 6.45) is -2.92. The summed E-state index contributed by atoms with van der Waals surface area (Å²) in [5.74, 6) is -0.146. The number of benzene rings is 2. The predicted molar refractivity (Wildman–Crippen MR) is 120 cm³/mol. The van der Waals surface area contributed by atoms with Gasteiger partial charge in [-0.1, -0.05) is 11.6 Å². The maximum Gasteiger partial charge on any atom is 0.417 e. The Labute approximate surface area is 189 Å². The van der Waals surface area contributed by atoms with Crippen LogP contribution < -0.4 is 15.5 Å². The number of alkyl halides is 3. The molecule has 2 aromatic carbocycles. The molecular weight excluding hydrogens is 465 g/mol. The first kappa shape index (κ1) is 21.8. The highest BCUT2D eigenvalue weighted by Crippen LogP contribution is 2.39. The fourth-order valence-electron chi connectivity index (χ4n) is 3.09. The van der Waals surface area contributed by atoms with Crippen LogP contribution in [0.25, 0.3) is 0 Å². The van der Waals surface area contributed by atoms with Gasteiger partial charge in [-0.3, -0.25) is 14.7 Å². The van der Waals surface area contributed by atoms with Crippen LogP contribution in [0.2, 0.25) is 5.02 Å². The molecule has 3 amide bonds. The highest BCUT2D eigenvalue weighted by molar-refractivity contribution is 7.09. The van der Waals surface area contributed by atoms with Crippen molar-refractivity contribution in [2.75, 3.05) is 15.5 Å². The largest absolute Gasteiger partial charge is 0.417 e. The van der Waals surface area contributed by atoms with Crippen molar-refractivity contribution in [1.82, 2.24) is 0 Å². The van der Waals surface area contributed by atoms with Crippen LogP contribution >= 0.6 is 22.9 Å². The summed E-state index contributed by atoms with van der Waals surface area (Å²) in [7, 11) is 0. The van der Waals surface area contributed by atoms with Crippen molar-refractivity contribution in [2.24, 2.45) is 4.99 Å². The van der Waals surface area contributed by atoms with Crippen molar-refractivity contribution in [2.45, 2.75) is 12.6 Å². The molecule has 1 aliphatic rings. The third-order valence-electron chi connectivity index (χ3n) is 4.52. The Hall–Kier alpha value is -3.37. The molecule has 0 unspecified atom stereocenters. The van der Waals surface area contributed by atoms with Crippen molar-refractivity contribution in [3.8, 4) is 0 Å². The molecule has 3 aromatic rings. The van der Waals surface area contributed by atoms with E-state index in [1.54, 1.807) is 35.4 Å². The number of carbonyl (C=O) groups excluding carboxylic acids is 2. The Morgan fingerprint density at radius 1 is 1.06 bits per heavy atom. The van der Waals surface area contributed by atoms with Gasteiger partial charge in [-0.2, -0.15) is 13.2 Å². The van der Waals surface area contributed by atoms with Gasteiger partial charge in [0.15, 0.2) is 0 Å². The summed E-state index contributed by atoms with van der Waals surface area (Å²) in [5, 5.41) is 8.10. The number of hydrogen-bond acceptors (Lipinski definition) is 4. The van der Waals surface area contributed by atoms with Crippen molar-refractivity contribution in [3.63, 3.8) is 0 Å². The monoisotopic (exact) mass is 478 g/mol. The van der Waals surface area contributed by atoms with Crippen LogP contribution in [0, 0.1) is 0 Å². The lowest BCUT2D eigenvalue weighted by atomic mass is 10.2. The molecule has 0 fully saturated rings. The lowest BCUT2D eigenvalue weighted by molar-refractivity contribution is -0.137. The van der Waals surface area contributed by atoms with E-state index in [9.17, 15) is 22.8 Å². The van der Waals surface area contributed by atoms with Gasteiger partial charge in [0.1, 0.15) is 0 Å². The predicted octanol–water partition coefficient (Wildman–Crippen LogP) is 6.84. The summed E-state index contributed by atoms with van der Waals surface area (Å²) in [4.78, 5) is 30.6. The second-order valence-electron chi connectivity index (χ2n) is 6.71. The second kappa shape index (κ2) is 8.64. The topological polar surface area (TPSA) is 73.8 Å². The number of hydrogen-bond donors (Lipinski definition) is 2. The van der Waals surface area contributed by atoms with E-state index in [-0.39, 0.29) is 18.0 Å². The molecule has 1 aliphatic heterocycles. The quantitative estimate of drug-likeness (QED) is 0.432. The molecule has 0 atom stereocenters. The maximum absolute atomic E-state index is 13.0. The maximum atomic E-state index is 13.0. The normalized spacial score (nSPS) is 13.5. The molecule has 11 heteroatoms. The molecule has 32 heavy (non-hydrogen) atoms. The first-order chi connectivity index (χ1) is 15.2. The Bertz CT molecular complexity index is 1210.